The van der Waals surface area contributed by atoms with E-state index in [0.29, 0.717) is 29.1 Å². The molecule has 1 rings (SSSR count). The summed E-state index contributed by atoms with van der Waals surface area (Å²) in [5, 5.41) is 0. The van der Waals surface area contributed by atoms with Gasteiger partial charge in [-0.15, -0.1) is 0 Å². The van der Waals surface area contributed by atoms with Crippen LogP contribution >= 0.6 is 15.9 Å². The van der Waals surface area contributed by atoms with Crippen LogP contribution in [0.2, 0.25) is 0 Å². The van der Waals surface area contributed by atoms with Gasteiger partial charge >= 0.3 is 0 Å². The van der Waals surface area contributed by atoms with Crippen LogP contribution in [0.1, 0.15) is 26.7 Å². The van der Waals surface area contributed by atoms with E-state index in [0.717, 1.165) is 12.8 Å². The number of rotatable bonds is 8. The molecule has 1 aromatic rings. The molecule has 1 aromatic carbocycles. The Morgan fingerprint density at radius 1 is 1.05 bits per heavy atom. The van der Waals surface area contributed by atoms with Crippen molar-refractivity contribution < 1.29 is 17.9 Å². The predicted octanol–water partition coefficient (Wildman–Crippen LogP) is 3.28. The van der Waals surface area contributed by atoms with Gasteiger partial charge in [-0.05, 0) is 34.8 Å². The average Bonchev–Trinajstić information content (AvgIpc) is 2.46. The zero-order valence-electron chi connectivity index (χ0n) is 12.8. The van der Waals surface area contributed by atoms with Crippen molar-refractivity contribution in [2.75, 3.05) is 27.3 Å². The van der Waals surface area contributed by atoms with E-state index in [2.05, 4.69) is 15.9 Å². The molecule has 5 nitrogen and oxygen atoms in total. The number of ether oxygens (including phenoxy) is 2. The Kier molecular flexibility index (Phi) is 6.96. The smallest absolute Gasteiger partial charge is 0.246 e. The van der Waals surface area contributed by atoms with Gasteiger partial charge < -0.3 is 9.47 Å². The first kappa shape index (κ1) is 18.3. The van der Waals surface area contributed by atoms with E-state index >= 15 is 0 Å². The van der Waals surface area contributed by atoms with E-state index in [1.54, 1.807) is 6.07 Å². The number of halogens is 1. The molecule has 0 heterocycles. The molecule has 0 fully saturated rings. The molecule has 0 N–H and O–H groups in total. The van der Waals surface area contributed by atoms with Crippen molar-refractivity contribution in [3.8, 4) is 11.5 Å². The quantitative estimate of drug-likeness (QED) is 0.695. The topological polar surface area (TPSA) is 55.8 Å². The molecule has 7 heteroatoms. The van der Waals surface area contributed by atoms with Gasteiger partial charge in [0.05, 0.1) is 18.7 Å². The molecule has 0 spiro atoms. The van der Waals surface area contributed by atoms with Crippen LogP contribution in [0.5, 0.6) is 11.5 Å². The lowest BCUT2D eigenvalue weighted by molar-refractivity contribution is 0.379. The highest BCUT2D eigenvalue weighted by molar-refractivity contribution is 9.10. The Hall–Kier alpha value is -0.790. The summed E-state index contributed by atoms with van der Waals surface area (Å²) in [7, 11) is -0.656. The zero-order chi connectivity index (χ0) is 16.0. The van der Waals surface area contributed by atoms with Gasteiger partial charge in [0.1, 0.15) is 16.4 Å². The Balaban J connectivity index is 3.40. The number of benzene rings is 1. The number of sulfonamides is 1. The lowest BCUT2D eigenvalue weighted by atomic mass is 10.3. The first-order valence-electron chi connectivity index (χ1n) is 6.84. The fourth-order valence-corrected chi connectivity index (χ4v) is 4.28. The van der Waals surface area contributed by atoms with Crippen molar-refractivity contribution >= 4 is 26.0 Å². The highest BCUT2D eigenvalue weighted by Gasteiger charge is 2.28. The van der Waals surface area contributed by atoms with Crippen LogP contribution < -0.4 is 9.47 Å². The van der Waals surface area contributed by atoms with Gasteiger partial charge in [-0.1, -0.05) is 13.8 Å². The lowest BCUT2D eigenvalue weighted by Gasteiger charge is -2.22. The van der Waals surface area contributed by atoms with Gasteiger partial charge in [-0.2, -0.15) is 4.31 Å². The number of hydrogen-bond acceptors (Lipinski definition) is 4. The molecular weight excluding hydrogens is 358 g/mol. The summed E-state index contributed by atoms with van der Waals surface area (Å²) >= 11 is 3.33. The van der Waals surface area contributed by atoms with Crippen molar-refractivity contribution in [2.24, 2.45) is 0 Å². The highest BCUT2D eigenvalue weighted by atomic mass is 79.9. The monoisotopic (exact) mass is 379 g/mol. The van der Waals surface area contributed by atoms with Crippen molar-refractivity contribution in [2.45, 2.75) is 31.6 Å². The standard InChI is InChI=1S/C14H22BrNO4S/c1-5-7-16(8-6-2)21(17,18)14-10-12(19-3)11(15)9-13(14)20-4/h9-10H,5-8H2,1-4H3. The molecule has 0 amide bonds. The highest BCUT2D eigenvalue weighted by Crippen LogP contribution is 2.36. The first-order chi connectivity index (χ1) is 9.92. The molecule has 0 bridgehead atoms. The zero-order valence-corrected chi connectivity index (χ0v) is 15.3. The van der Waals surface area contributed by atoms with Crippen LogP contribution in [0.3, 0.4) is 0 Å². The first-order valence-corrected chi connectivity index (χ1v) is 9.07. The third-order valence-electron chi connectivity index (χ3n) is 3.00. The van der Waals surface area contributed by atoms with Crippen molar-refractivity contribution in [3.63, 3.8) is 0 Å². The largest absolute Gasteiger partial charge is 0.496 e. The second-order valence-electron chi connectivity index (χ2n) is 4.54. The second kappa shape index (κ2) is 8.00. The molecule has 0 aromatic heterocycles. The maximum Gasteiger partial charge on any atom is 0.246 e. The molecule has 0 saturated carbocycles. The molecule has 0 aliphatic carbocycles. The summed E-state index contributed by atoms with van der Waals surface area (Å²) < 4.78 is 38.3. The van der Waals surface area contributed by atoms with E-state index in [4.69, 9.17) is 9.47 Å². The van der Waals surface area contributed by atoms with Crippen molar-refractivity contribution in [3.05, 3.63) is 16.6 Å². The van der Waals surface area contributed by atoms with Gasteiger partial charge in [-0.3, -0.25) is 0 Å². The lowest BCUT2D eigenvalue weighted by Crippen LogP contribution is -2.32. The van der Waals surface area contributed by atoms with E-state index < -0.39 is 10.0 Å². The molecule has 0 unspecified atom stereocenters. The van der Waals surface area contributed by atoms with Crippen molar-refractivity contribution in [1.29, 1.82) is 0 Å². The van der Waals surface area contributed by atoms with E-state index in [1.165, 1.54) is 24.6 Å². The molecule has 0 atom stereocenters. The molecule has 0 saturated heterocycles. The van der Waals surface area contributed by atoms with Crippen LogP contribution in [0.15, 0.2) is 21.5 Å². The van der Waals surface area contributed by atoms with Gasteiger partial charge in [0.15, 0.2) is 0 Å². The summed E-state index contributed by atoms with van der Waals surface area (Å²) in [6.45, 7) is 4.88. The SMILES string of the molecule is CCCN(CCC)S(=O)(=O)c1cc(OC)c(Br)cc1OC. The Morgan fingerprint density at radius 3 is 2.00 bits per heavy atom. The summed E-state index contributed by atoms with van der Waals surface area (Å²) in [4.78, 5) is 0.131. The Bertz CT molecular complexity index is 569. The maximum absolute atomic E-state index is 12.8. The molecule has 0 aliphatic heterocycles. The number of methoxy groups -OCH3 is 2. The average molecular weight is 380 g/mol. The normalized spacial score (nSPS) is 11.7. The summed E-state index contributed by atoms with van der Waals surface area (Å²) in [6.07, 6.45) is 1.52. The van der Waals surface area contributed by atoms with E-state index in [-0.39, 0.29) is 4.90 Å². The fraction of sp³-hybridized carbons (Fsp3) is 0.571. The minimum atomic E-state index is -3.61. The fourth-order valence-electron chi connectivity index (χ4n) is 2.02. The maximum atomic E-state index is 12.8. The van der Waals surface area contributed by atoms with Gasteiger partial charge in [0, 0.05) is 19.2 Å². The van der Waals surface area contributed by atoms with Crippen LogP contribution in [-0.2, 0) is 10.0 Å². The van der Waals surface area contributed by atoms with Crippen LogP contribution in [0.25, 0.3) is 0 Å². The second-order valence-corrected chi connectivity index (χ2v) is 7.30. The number of hydrogen-bond donors (Lipinski definition) is 0. The van der Waals surface area contributed by atoms with E-state index in [1.807, 2.05) is 13.8 Å². The van der Waals surface area contributed by atoms with Gasteiger partial charge in [0.25, 0.3) is 0 Å². The minimum absolute atomic E-state index is 0.131. The van der Waals surface area contributed by atoms with Crippen molar-refractivity contribution in [1.82, 2.24) is 4.31 Å². The third-order valence-corrected chi connectivity index (χ3v) is 5.54. The Labute approximate surface area is 135 Å². The Morgan fingerprint density at radius 2 is 1.57 bits per heavy atom. The van der Waals surface area contributed by atoms with Crippen LogP contribution in [0.4, 0.5) is 0 Å². The summed E-state index contributed by atoms with van der Waals surface area (Å²) in [5.74, 6) is 0.766. The van der Waals surface area contributed by atoms with Gasteiger partial charge in [-0.25, -0.2) is 8.42 Å². The molecular formula is C14H22BrNO4S. The minimum Gasteiger partial charge on any atom is -0.496 e. The number of nitrogens with zero attached hydrogens (tertiary/aromatic N) is 1. The molecule has 21 heavy (non-hydrogen) atoms. The molecule has 120 valence electrons. The van der Waals surface area contributed by atoms with E-state index in [9.17, 15) is 8.42 Å². The summed E-state index contributed by atoms with van der Waals surface area (Å²) in [5.41, 5.74) is 0. The van der Waals surface area contributed by atoms with Gasteiger partial charge in [0.2, 0.25) is 10.0 Å². The van der Waals surface area contributed by atoms with Crippen LogP contribution in [-0.4, -0.2) is 40.0 Å². The summed E-state index contributed by atoms with van der Waals surface area (Å²) in [6, 6.07) is 3.11. The molecule has 0 radical (unpaired) electrons. The third kappa shape index (κ3) is 4.11. The molecule has 0 aliphatic rings. The predicted molar refractivity (Wildman–Crippen MR) is 86.6 cm³/mol. The van der Waals surface area contributed by atoms with Crippen LogP contribution in [0, 0.1) is 0 Å².